The van der Waals surface area contributed by atoms with Crippen LogP contribution in [-0.2, 0) is 6.42 Å². The summed E-state index contributed by atoms with van der Waals surface area (Å²) in [5, 5.41) is 7.00. The van der Waals surface area contributed by atoms with Crippen LogP contribution in [-0.4, -0.2) is 15.1 Å². The first-order valence-corrected chi connectivity index (χ1v) is 7.14. The van der Waals surface area contributed by atoms with Gasteiger partial charge in [-0.05, 0) is 12.5 Å². The van der Waals surface area contributed by atoms with Crippen LogP contribution < -0.4 is 5.73 Å². The maximum Gasteiger partial charge on any atom is 0.248 e. The van der Waals surface area contributed by atoms with Crippen molar-refractivity contribution in [3.63, 3.8) is 0 Å². The number of nitrogens with two attached hydrogens (primary N) is 1. The van der Waals surface area contributed by atoms with Crippen molar-refractivity contribution < 1.29 is 4.52 Å². The van der Waals surface area contributed by atoms with Crippen molar-refractivity contribution in [1.82, 2.24) is 15.1 Å². The maximum absolute atomic E-state index is 6.12. The molecular formula is C14H14N4OS. The van der Waals surface area contributed by atoms with Crippen molar-refractivity contribution in [3.8, 4) is 0 Å². The Morgan fingerprint density at radius 3 is 2.75 bits per heavy atom. The summed E-state index contributed by atoms with van der Waals surface area (Å²) in [5.41, 5.74) is 8.02. The topological polar surface area (TPSA) is 77.8 Å². The Bertz CT molecular complexity index is 692. The van der Waals surface area contributed by atoms with Gasteiger partial charge in [0, 0.05) is 5.38 Å². The van der Waals surface area contributed by atoms with Crippen LogP contribution in [0.2, 0.25) is 0 Å². The SMILES string of the molecule is Cc1nc(Cc2noc([C@H](N)c3ccccc3)n2)cs1. The molecule has 0 amide bonds. The van der Waals surface area contributed by atoms with Crippen LogP contribution in [0, 0.1) is 6.92 Å². The van der Waals surface area contributed by atoms with E-state index >= 15 is 0 Å². The molecule has 1 atom stereocenters. The second-order valence-corrected chi connectivity index (χ2v) is 5.53. The number of rotatable bonds is 4. The molecule has 0 bridgehead atoms. The summed E-state index contributed by atoms with van der Waals surface area (Å²) < 4.78 is 5.25. The van der Waals surface area contributed by atoms with E-state index in [9.17, 15) is 0 Å². The molecule has 2 N–H and O–H groups in total. The number of nitrogens with zero attached hydrogens (tertiary/aromatic N) is 3. The van der Waals surface area contributed by atoms with Crippen molar-refractivity contribution >= 4 is 11.3 Å². The third-order valence-corrected chi connectivity index (χ3v) is 3.74. The monoisotopic (exact) mass is 286 g/mol. The Labute approximate surface area is 120 Å². The molecule has 1 aromatic carbocycles. The smallest absolute Gasteiger partial charge is 0.248 e. The predicted octanol–water partition coefficient (Wildman–Crippen LogP) is 2.47. The molecule has 20 heavy (non-hydrogen) atoms. The average Bonchev–Trinajstić information content (AvgIpc) is 3.09. The van der Waals surface area contributed by atoms with E-state index in [0.29, 0.717) is 18.1 Å². The fraction of sp³-hybridized carbons (Fsp3) is 0.214. The molecule has 0 aliphatic rings. The zero-order chi connectivity index (χ0) is 13.9. The number of aryl methyl sites for hydroxylation is 1. The maximum atomic E-state index is 6.12. The number of hydrogen-bond acceptors (Lipinski definition) is 6. The third kappa shape index (κ3) is 2.76. The van der Waals surface area contributed by atoms with Crippen LogP contribution in [0.25, 0.3) is 0 Å². The van der Waals surface area contributed by atoms with Gasteiger partial charge in [-0.15, -0.1) is 11.3 Å². The lowest BCUT2D eigenvalue weighted by atomic mass is 10.1. The number of thiazole rings is 1. The van der Waals surface area contributed by atoms with Crippen LogP contribution in [0.15, 0.2) is 40.2 Å². The predicted molar refractivity (Wildman–Crippen MR) is 76.4 cm³/mol. The Morgan fingerprint density at radius 1 is 1.25 bits per heavy atom. The van der Waals surface area contributed by atoms with Gasteiger partial charge in [0.15, 0.2) is 5.82 Å². The molecule has 3 aromatic rings. The normalized spacial score (nSPS) is 12.5. The molecule has 3 rings (SSSR count). The molecule has 0 spiro atoms. The van der Waals surface area contributed by atoms with Gasteiger partial charge < -0.3 is 10.3 Å². The van der Waals surface area contributed by atoms with E-state index in [1.165, 1.54) is 0 Å². The average molecular weight is 286 g/mol. The van der Waals surface area contributed by atoms with E-state index in [1.807, 2.05) is 42.6 Å². The Balaban J connectivity index is 1.76. The Morgan fingerprint density at radius 2 is 2.05 bits per heavy atom. The minimum atomic E-state index is -0.394. The van der Waals surface area contributed by atoms with Crippen molar-refractivity contribution in [1.29, 1.82) is 0 Å². The molecule has 0 saturated heterocycles. The lowest BCUT2D eigenvalue weighted by molar-refractivity contribution is 0.363. The second-order valence-electron chi connectivity index (χ2n) is 4.47. The molecule has 102 valence electrons. The van der Waals surface area contributed by atoms with E-state index < -0.39 is 6.04 Å². The van der Waals surface area contributed by atoms with Crippen LogP contribution in [0.5, 0.6) is 0 Å². The zero-order valence-corrected chi connectivity index (χ0v) is 11.8. The quantitative estimate of drug-likeness (QED) is 0.797. The largest absolute Gasteiger partial charge is 0.337 e. The molecule has 2 heterocycles. The van der Waals surface area contributed by atoms with Gasteiger partial charge in [0.25, 0.3) is 0 Å². The minimum absolute atomic E-state index is 0.394. The molecule has 6 heteroatoms. The summed E-state index contributed by atoms with van der Waals surface area (Å²) >= 11 is 1.61. The summed E-state index contributed by atoms with van der Waals surface area (Å²) in [7, 11) is 0. The van der Waals surface area contributed by atoms with Gasteiger partial charge >= 0.3 is 0 Å². The lowest BCUT2D eigenvalue weighted by Gasteiger charge is -2.05. The molecule has 2 aromatic heterocycles. The van der Waals surface area contributed by atoms with Gasteiger partial charge in [-0.3, -0.25) is 0 Å². The van der Waals surface area contributed by atoms with Gasteiger partial charge in [0.2, 0.25) is 5.89 Å². The molecule has 0 fully saturated rings. The minimum Gasteiger partial charge on any atom is -0.337 e. The molecule has 0 radical (unpaired) electrons. The van der Waals surface area contributed by atoms with Gasteiger partial charge in [-0.2, -0.15) is 4.98 Å². The highest BCUT2D eigenvalue weighted by Crippen LogP contribution is 2.18. The van der Waals surface area contributed by atoms with E-state index in [0.717, 1.165) is 16.3 Å². The molecule has 0 saturated carbocycles. The second kappa shape index (κ2) is 5.52. The van der Waals surface area contributed by atoms with Crippen LogP contribution in [0.1, 0.15) is 34.0 Å². The first kappa shape index (κ1) is 13.0. The first-order chi connectivity index (χ1) is 9.72. The standard InChI is InChI=1S/C14H14N4OS/c1-9-16-11(8-20-9)7-12-17-14(19-18-12)13(15)10-5-3-2-4-6-10/h2-6,8,13H,7,15H2,1H3/t13-/m1/s1. The summed E-state index contributed by atoms with van der Waals surface area (Å²) in [6.07, 6.45) is 0.565. The lowest BCUT2D eigenvalue weighted by Crippen LogP contribution is -2.12. The van der Waals surface area contributed by atoms with Gasteiger partial charge in [0.1, 0.15) is 6.04 Å². The summed E-state index contributed by atoms with van der Waals surface area (Å²) in [5.74, 6) is 1.04. The highest BCUT2D eigenvalue weighted by atomic mass is 32.1. The summed E-state index contributed by atoms with van der Waals surface area (Å²) in [6, 6.07) is 9.31. The Hall–Kier alpha value is -2.05. The number of aromatic nitrogens is 3. The van der Waals surface area contributed by atoms with Crippen molar-refractivity contribution in [3.05, 3.63) is 63.7 Å². The Kier molecular flexibility index (Phi) is 3.58. The number of benzene rings is 1. The van der Waals surface area contributed by atoms with E-state index in [2.05, 4.69) is 15.1 Å². The molecule has 0 aliphatic heterocycles. The molecule has 0 aliphatic carbocycles. The fourth-order valence-electron chi connectivity index (χ4n) is 1.92. The van der Waals surface area contributed by atoms with Gasteiger partial charge in [-0.25, -0.2) is 4.98 Å². The third-order valence-electron chi connectivity index (χ3n) is 2.91. The van der Waals surface area contributed by atoms with Crippen LogP contribution >= 0.6 is 11.3 Å². The molecule has 0 unspecified atom stereocenters. The van der Waals surface area contributed by atoms with Crippen molar-refractivity contribution in [2.75, 3.05) is 0 Å². The van der Waals surface area contributed by atoms with Crippen molar-refractivity contribution in [2.45, 2.75) is 19.4 Å². The summed E-state index contributed by atoms with van der Waals surface area (Å²) in [4.78, 5) is 8.74. The van der Waals surface area contributed by atoms with Gasteiger partial charge in [0.05, 0.1) is 17.1 Å². The highest BCUT2D eigenvalue weighted by Gasteiger charge is 2.17. The van der Waals surface area contributed by atoms with E-state index in [-0.39, 0.29) is 0 Å². The molecule has 5 nitrogen and oxygen atoms in total. The number of hydrogen-bond donors (Lipinski definition) is 1. The highest BCUT2D eigenvalue weighted by molar-refractivity contribution is 7.09. The molecular weight excluding hydrogens is 272 g/mol. The van der Waals surface area contributed by atoms with Crippen molar-refractivity contribution in [2.24, 2.45) is 5.73 Å². The van der Waals surface area contributed by atoms with Crippen LogP contribution in [0.4, 0.5) is 0 Å². The van der Waals surface area contributed by atoms with Crippen LogP contribution in [0.3, 0.4) is 0 Å². The first-order valence-electron chi connectivity index (χ1n) is 6.26. The van der Waals surface area contributed by atoms with Gasteiger partial charge in [-0.1, -0.05) is 35.5 Å². The fourth-order valence-corrected chi connectivity index (χ4v) is 2.53. The van der Waals surface area contributed by atoms with E-state index in [4.69, 9.17) is 10.3 Å². The van der Waals surface area contributed by atoms with E-state index in [1.54, 1.807) is 11.3 Å². The zero-order valence-electron chi connectivity index (χ0n) is 11.0. The summed E-state index contributed by atoms with van der Waals surface area (Å²) in [6.45, 7) is 1.97.